The molecule has 0 aromatic rings. The Morgan fingerprint density at radius 1 is 1.40 bits per heavy atom. The van der Waals surface area contributed by atoms with Crippen LogP contribution in [0.1, 0.15) is 39.5 Å². The molecule has 2 aliphatic heterocycles. The number of hydrogen-bond acceptors (Lipinski definition) is 1. The molecule has 2 saturated heterocycles. The average Bonchev–Trinajstić information content (AvgIpc) is 2.58. The highest BCUT2D eigenvalue weighted by atomic mass is 32.1. The average molecular weight is 220 g/mol. The van der Waals surface area contributed by atoms with Crippen molar-refractivity contribution in [2.45, 2.75) is 56.2 Å². The third-order valence-corrected chi connectivity index (χ3v) is 5.83. The molecule has 3 rings (SSSR count). The van der Waals surface area contributed by atoms with E-state index >= 15 is 0 Å². The fourth-order valence-electron chi connectivity index (χ4n) is 3.95. The maximum Gasteiger partial charge on any atom is 0.125 e. The first kappa shape index (κ1) is 10.1. The Bertz CT molecular complexity index is 332. The van der Waals surface area contributed by atoms with Gasteiger partial charge in [0.1, 0.15) is 7.28 Å². The van der Waals surface area contributed by atoms with Crippen LogP contribution < -0.4 is 0 Å². The molecule has 2 heterocycles. The number of hydrogen-bond donors (Lipinski definition) is 0. The van der Waals surface area contributed by atoms with Crippen LogP contribution in [0.3, 0.4) is 0 Å². The van der Waals surface area contributed by atoms with Crippen LogP contribution in [0, 0.1) is 5.92 Å². The Morgan fingerprint density at radius 2 is 2.13 bits per heavy atom. The van der Waals surface area contributed by atoms with Gasteiger partial charge in [0.15, 0.2) is 0 Å². The van der Waals surface area contributed by atoms with Gasteiger partial charge in [-0.25, -0.2) is 0 Å². The summed E-state index contributed by atoms with van der Waals surface area (Å²) >= 11 is 5.43. The lowest BCUT2D eigenvalue weighted by Gasteiger charge is -2.25. The Kier molecular flexibility index (Phi) is 1.89. The van der Waals surface area contributed by atoms with Crippen LogP contribution in [-0.2, 0) is 0 Å². The fourth-order valence-corrected chi connectivity index (χ4v) is 4.30. The van der Waals surface area contributed by atoms with E-state index in [2.05, 4.69) is 33.1 Å². The largest absolute Gasteiger partial charge is 0.366 e. The van der Waals surface area contributed by atoms with Gasteiger partial charge in [-0.3, -0.25) is 0 Å². The lowest BCUT2D eigenvalue weighted by molar-refractivity contribution is 0.293. The minimum absolute atomic E-state index is 0.521. The monoisotopic (exact) mass is 220 g/mol. The first-order chi connectivity index (χ1) is 6.95. The molecule has 0 aromatic heterocycles. The smallest absolute Gasteiger partial charge is 0.125 e. The second-order valence-corrected chi connectivity index (χ2v) is 6.73. The molecule has 1 saturated carbocycles. The summed E-state index contributed by atoms with van der Waals surface area (Å²) in [5, 5.41) is 1.06. The summed E-state index contributed by atoms with van der Waals surface area (Å²) in [6, 6.07) is 0.743. The van der Waals surface area contributed by atoms with Gasteiger partial charge in [-0.15, -0.1) is 0 Å². The van der Waals surface area contributed by atoms with E-state index in [1.807, 2.05) is 0 Å². The number of likely N-dealkylation sites (tertiary alicyclic amines) is 1. The summed E-state index contributed by atoms with van der Waals surface area (Å²) < 4.78 is 0. The van der Waals surface area contributed by atoms with E-state index < -0.39 is 0 Å². The molecule has 3 heteroatoms. The predicted octanol–water partition coefficient (Wildman–Crippen LogP) is 2.89. The molecule has 1 aliphatic carbocycles. The van der Waals surface area contributed by atoms with Gasteiger partial charge < -0.3 is 4.90 Å². The first-order valence-electron chi connectivity index (χ1n) is 6.08. The molecule has 3 aliphatic rings. The third kappa shape index (κ3) is 1.25. The number of thiocarbonyl (C=S) groups is 1. The van der Waals surface area contributed by atoms with Crippen LogP contribution in [0.2, 0.25) is 10.6 Å². The summed E-state index contributed by atoms with van der Waals surface area (Å²) in [6.45, 7) is 4.88. The van der Waals surface area contributed by atoms with Gasteiger partial charge in [-0.05, 0) is 18.8 Å². The lowest BCUT2D eigenvalue weighted by Crippen LogP contribution is -2.30. The van der Waals surface area contributed by atoms with Crippen LogP contribution in [-0.4, -0.2) is 30.3 Å². The first-order valence-corrected chi connectivity index (χ1v) is 6.49. The molecule has 15 heavy (non-hydrogen) atoms. The molecular weight excluding hydrogens is 201 g/mol. The van der Waals surface area contributed by atoms with Gasteiger partial charge >= 0.3 is 0 Å². The molecule has 0 amide bonds. The molecule has 0 bridgehead atoms. The van der Waals surface area contributed by atoms with Crippen molar-refractivity contribution in [3.63, 3.8) is 0 Å². The maximum absolute atomic E-state index is 5.43. The Balaban J connectivity index is 1.85. The highest BCUT2D eigenvalue weighted by Gasteiger charge is 2.63. The van der Waals surface area contributed by atoms with Gasteiger partial charge in [-0.2, -0.15) is 0 Å². The summed E-state index contributed by atoms with van der Waals surface area (Å²) in [4.78, 5) is 3.56. The van der Waals surface area contributed by atoms with Crippen LogP contribution in [0.4, 0.5) is 0 Å². The van der Waals surface area contributed by atoms with Crippen molar-refractivity contribution in [2.75, 3.05) is 7.05 Å². The zero-order valence-corrected chi connectivity index (χ0v) is 10.7. The highest BCUT2D eigenvalue weighted by Crippen LogP contribution is 2.75. The topological polar surface area (TPSA) is 3.24 Å². The molecule has 0 spiro atoms. The lowest BCUT2D eigenvalue weighted by atomic mass is 9.77. The van der Waals surface area contributed by atoms with Crippen molar-refractivity contribution in [3.05, 3.63) is 0 Å². The van der Waals surface area contributed by atoms with Crippen LogP contribution in [0.15, 0.2) is 0 Å². The van der Waals surface area contributed by atoms with Gasteiger partial charge in [0.25, 0.3) is 0 Å². The molecule has 1 nitrogen and oxygen atoms in total. The maximum atomic E-state index is 5.43. The van der Waals surface area contributed by atoms with Crippen LogP contribution in [0.5, 0.6) is 0 Å². The molecule has 4 atom stereocenters. The second kappa shape index (κ2) is 2.79. The van der Waals surface area contributed by atoms with Crippen molar-refractivity contribution in [3.8, 4) is 0 Å². The van der Waals surface area contributed by atoms with Crippen LogP contribution in [0.25, 0.3) is 0 Å². The quantitative estimate of drug-likeness (QED) is 0.456. The molecule has 0 N–H and O–H groups in total. The van der Waals surface area contributed by atoms with E-state index in [1.165, 1.54) is 24.3 Å². The SMILES string of the molecule is CN1C(=S)CC2CC3(C)[B]C3(C)CCC21. The van der Waals surface area contributed by atoms with Gasteiger partial charge in [0, 0.05) is 19.5 Å². The van der Waals surface area contributed by atoms with E-state index in [0.717, 1.165) is 18.4 Å². The van der Waals surface area contributed by atoms with Gasteiger partial charge in [0.2, 0.25) is 0 Å². The summed E-state index contributed by atoms with van der Waals surface area (Å²) in [7, 11) is 4.77. The van der Waals surface area contributed by atoms with Crippen molar-refractivity contribution in [1.82, 2.24) is 4.90 Å². The van der Waals surface area contributed by atoms with Gasteiger partial charge in [-0.1, -0.05) is 43.1 Å². The van der Waals surface area contributed by atoms with E-state index in [-0.39, 0.29) is 0 Å². The standard InChI is InChI=1S/C12H19BNS/c1-11-5-4-9-8(6-10(15)14(9)3)7-12(11,2)13-11/h8-9H,4-7H2,1-3H3. The normalized spacial score (nSPS) is 53.0. The third-order valence-electron chi connectivity index (χ3n) is 5.38. The Hall–Kier alpha value is -0.0451. The van der Waals surface area contributed by atoms with E-state index in [9.17, 15) is 0 Å². The highest BCUT2D eigenvalue weighted by molar-refractivity contribution is 7.80. The predicted molar refractivity (Wildman–Crippen MR) is 68.6 cm³/mol. The fraction of sp³-hybridized carbons (Fsp3) is 0.917. The van der Waals surface area contributed by atoms with Crippen molar-refractivity contribution < 1.29 is 0 Å². The summed E-state index contributed by atoms with van der Waals surface area (Å²) in [6.07, 6.45) is 5.22. The van der Waals surface area contributed by atoms with E-state index in [1.54, 1.807) is 0 Å². The van der Waals surface area contributed by atoms with Crippen LogP contribution >= 0.6 is 12.2 Å². The van der Waals surface area contributed by atoms with Crippen molar-refractivity contribution >= 4 is 24.5 Å². The Labute approximate surface area is 98.8 Å². The van der Waals surface area contributed by atoms with E-state index in [4.69, 9.17) is 12.2 Å². The van der Waals surface area contributed by atoms with Crippen molar-refractivity contribution in [2.24, 2.45) is 5.92 Å². The zero-order chi connectivity index (χ0) is 10.8. The number of fused-ring (bicyclic) bond motifs is 2. The zero-order valence-electron chi connectivity index (χ0n) is 9.92. The minimum atomic E-state index is 0.521. The second-order valence-electron chi connectivity index (χ2n) is 6.26. The molecule has 4 unspecified atom stereocenters. The Morgan fingerprint density at radius 3 is 2.87 bits per heavy atom. The van der Waals surface area contributed by atoms with Crippen molar-refractivity contribution in [1.29, 1.82) is 0 Å². The molecule has 1 radical (unpaired) electrons. The molecule has 3 fully saturated rings. The number of nitrogens with zero attached hydrogens (tertiary/aromatic N) is 1. The molecular formula is C12H19BNS. The minimum Gasteiger partial charge on any atom is -0.366 e. The summed E-state index contributed by atoms with van der Waals surface area (Å²) in [5.41, 5.74) is 0. The van der Waals surface area contributed by atoms with E-state index in [0.29, 0.717) is 10.6 Å². The summed E-state index contributed by atoms with van der Waals surface area (Å²) in [5.74, 6) is 0.827. The van der Waals surface area contributed by atoms with Gasteiger partial charge in [0.05, 0.1) is 4.99 Å². The number of rotatable bonds is 0. The molecule has 81 valence electrons. The molecule has 0 aromatic carbocycles.